The van der Waals surface area contributed by atoms with E-state index in [0.717, 1.165) is 16.2 Å². The molecule has 0 radical (unpaired) electrons. The Morgan fingerprint density at radius 1 is 1.06 bits per heavy atom. The van der Waals surface area contributed by atoms with Crippen molar-refractivity contribution in [3.8, 4) is 22.1 Å². The largest absolute Gasteiger partial charge is 0.486 e. The Balaban J connectivity index is 1.32. The topological polar surface area (TPSA) is 65.4 Å². The number of nitrogens with one attached hydrogen (secondary N) is 1. The highest BCUT2D eigenvalue weighted by atomic mass is 32.1. The Bertz CT molecular complexity index is 1170. The molecule has 31 heavy (non-hydrogen) atoms. The van der Waals surface area contributed by atoms with Crippen LogP contribution in [0.1, 0.15) is 15.9 Å². The van der Waals surface area contributed by atoms with Crippen molar-refractivity contribution >= 4 is 17.2 Å². The summed E-state index contributed by atoms with van der Waals surface area (Å²) < 4.78 is 13.5. The Morgan fingerprint density at radius 3 is 2.68 bits per heavy atom. The first kappa shape index (κ1) is 19.4. The zero-order valence-corrected chi connectivity index (χ0v) is 17.5. The molecule has 0 saturated carbocycles. The molecule has 6 nitrogen and oxygen atoms in total. The van der Waals surface area contributed by atoms with Gasteiger partial charge in [0.05, 0.1) is 23.5 Å². The van der Waals surface area contributed by atoms with Crippen molar-refractivity contribution in [2.75, 3.05) is 13.2 Å². The maximum Gasteiger partial charge on any atom is 0.255 e. The summed E-state index contributed by atoms with van der Waals surface area (Å²) in [7, 11) is 0. The highest BCUT2D eigenvalue weighted by molar-refractivity contribution is 7.13. The molecule has 1 atom stereocenters. The van der Waals surface area contributed by atoms with E-state index in [4.69, 9.17) is 14.6 Å². The molecule has 1 unspecified atom stereocenters. The Hall–Kier alpha value is -3.58. The number of para-hydroxylation sites is 2. The van der Waals surface area contributed by atoms with E-state index in [1.165, 1.54) is 0 Å². The van der Waals surface area contributed by atoms with E-state index in [-0.39, 0.29) is 12.0 Å². The van der Waals surface area contributed by atoms with Gasteiger partial charge in [0.25, 0.3) is 5.91 Å². The maximum atomic E-state index is 13.1. The first-order valence-corrected chi connectivity index (χ1v) is 11.0. The first-order chi connectivity index (χ1) is 15.3. The molecular formula is C24H21N3O3S. The van der Waals surface area contributed by atoms with Gasteiger partial charge in [-0.05, 0) is 29.1 Å². The van der Waals surface area contributed by atoms with Gasteiger partial charge in [-0.2, -0.15) is 5.10 Å². The van der Waals surface area contributed by atoms with Gasteiger partial charge in [-0.25, -0.2) is 0 Å². The summed E-state index contributed by atoms with van der Waals surface area (Å²) in [5.74, 6) is 1.25. The van der Waals surface area contributed by atoms with Gasteiger partial charge in [0, 0.05) is 6.20 Å². The summed E-state index contributed by atoms with van der Waals surface area (Å²) in [6.07, 6.45) is 1.56. The molecule has 0 spiro atoms. The molecule has 1 aliphatic rings. The number of carbonyl (C=O) groups excluding carboxylic acids is 1. The molecular weight excluding hydrogens is 410 g/mol. The van der Waals surface area contributed by atoms with Gasteiger partial charge in [0.2, 0.25) is 0 Å². The second-order valence-corrected chi connectivity index (χ2v) is 8.21. The third kappa shape index (κ3) is 4.32. The van der Waals surface area contributed by atoms with E-state index in [2.05, 4.69) is 5.32 Å². The molecule has 1 amide bonds. The first-order valence-electron chi connectivity index (χ1n) is 10.1. The van der Waals surface area contributed by atoms with Crippen molar-refractivity contribution in [2.45, 2.75) is 12.6 Å². The molecule has 0 aliphatic carbocycles. The minimum absolute atomic E-state index is 0.176. The van der Waals surface area contributed by atoms with Crippen molar-refractivity contribution < 1.29 is 14.3 Å². The van der Waals surface area contributed by atoms with E-state index >= 15 is 0 Å². The summed E-state index contributed by atoms with van der Waals surface area (Å²) in [4.78, 5) is 14.0. The van der Waals surface area contributed by atoms with Crippen LogP contribution in [-0.2, 0) is 6.54 Å². The second kappa shape index (κ2) is 8.65. The monoisotopic (exact) mass is 431 g/mol. The zero-order valence-electron chi connectivity index (χ0n) is 16.7. The number of fused-ring (bicyclic) bond motifs is 1. The van der Waals surface area contributed by atoms with E-state index in [1.54, 1.807) is 11.3 Å². The average molecular weight is 432 g/mol. The summed E-state index contributed by atoms with van der Waals surface area (Å²) in [6, 6.07) is 21.6. The van der Waals surface area contributed by atoms with Crippen LogP contribution < -0.4 is 14.8 Å². The zero-order chi connectivity index (χ0) is 21.0. The summed E-state index contributed by atoms with van der Waals surface area (Å²) >= 11 is 1.57. The smallest absolute Gasteiger partial charge is 0.255 e. The number of hydrogen-bond donors (Lipinski definition) is 1. The average Bonchev–Trinajstić information content (AvgIpc) is 3.48. The summed E-state index contributed by atoms with van der Waals surface area (Å²) in [5, 5.41) is 9.67. The van der Waals surface area contributed by atoms with Gasteiger partial charge >= 0.3 is 0 Å². The standard InChI is InChI=1S/C24H21N3O3S/c28-24(25-13-18-16-29-20-9-4-5-10-21(20)30-18)19-15-27(14-17-7-2-1-3-8-17)26-23(19)22-11-6-12-31-22/h1-12,15,18H,13-14,16H2,(H,25,28). The van der Waals surface area contributed by atoms with Gasteiger partial charge in [-0.15, -0.1) is 11.3 Å². The quantitative estimate of drug-likeness (QED) is 0.496. The molecule has 156 valence electrons. The number of nitrogens with zero attached hydrogens (tertiary/aromatic N) is 2. The lowest BCUT2D eigenvalue weighted by Gasteiger charge is -2.26. The number of benzene rings is 2. The fraction of sp³-hybridized carbons (Fsp3) is 0.167. The van der Waals surface area contributed by atoms with Crippen molar-refractivity contribution in [1.82, 2.24) is 15.1 Å². The molecule has 2 aromatic heterocycles. The molecule has 3 heterocycles. The van der Waals surface area contributed by atoms with Crippen molar-refractivity contribution in [1.29, 1.82) is 0 Å². The van der Waals surface area contributed by atoms with Crippen LogP contribution in [0.4, 0.5) is 0 Å². The molecule has 0 bridgehead atoms. The van der Waals surface area contributed by atoms with Crippen LogP contribution in [-0.4, -0.2) is 34.9 Å². The van der Waals surface area contributed by atoms with Gasteiger partial charge in [0.15, 0.2) is 11.5 Å². The fourth-order valence-electron chi connectivity index (χ4n) is 3.50. The number of carbonyl (C=O) groups is 1. The maximum absolute atomic E-state index is 13.1. The highest BCUT2D eigenvalue weighted by Crippen LogP contribution is 2.31. The van der Waals surface area contributed by atoms with Gasteiger partial charge < -0.3 is 14.8 Å². The van der Waals surface area contributed by atoms with Crippen LogP contribution in [0.25, 0.3) is 10.6 Å². The molecule has 4 aromatic rings. The molecule has 7 heteroatoms. The third-order valence-electron chi connectivity index (χ3n) is 5.01. The van der Waals surface area contributed by atoms with E-state index in [0.29, 0.717) is 36.7 Å². The van der Waals surface area contributed by atoms with Crippen LogP contribution in [0, 0.1) is 0 Å². The summed E-state index contributed by atoms with van der Waals surface area (Å²) in [6.45, 7) is 1.34. The normalized spacial score (nSPS) is 14.9. The van der Waals surface area contributed by atoms with Crippen LogP contribution in [0.2, 0.25) is 0 Å². The van der Waals surface area contributed by atoms with Crippen molar-refractivity contribution in [3.63, 3.8) is 0 Å². The van der Waals surface area contributed by atoms with Crippen molar-refractivity contribution in [2.24, 2.45) is 0 Å². The van der Waals surface area contributed by atoms with Crippen LogP contribution in [0.3, 0.4) is 0 Å². The van der Waals surface area contributed by atoms with Gasteiger partial charge in [0.1, 0.15) is 18.4 Å². The number of rotatable bonds is 6. The molecule has 1 N–H and O–H groups in total. The Morgan fingerprint density at radius 2 is 1.87 bits per heavy atom. The van der Waals surface area contributed by atoms with Gasteiger partial charge in [-0.3, -0.25) is 9.48 Å². The highest BCUT2D eigenvalue weighted by Gasteiger charge is 2.23. The second-order valence-electron chi connectivity index (χ2n) is 7.26. The van der Waals surface area contributed by atoms with Crippen LogP contribution in [0.15, 0.2) is 78.3 Å². The predicted molar refractivity (Wildman–Crippen MR) is 120 cm³/mol. The number of ether oxygens (including phenoxy) is 2. The minimum atomic E-state index is -0.247. The lowest BCUT2D eigenvalue weighted by atomic mass is 10.2. The molecule has 1 aliphatic heterocycles. The van der Waals surface area contributed by atoms with Crippen LogP contribution >= 0.6 is 11.3 Å². The number of amides is 1. The lowest BCUT2D eigenvalue weighted by Crippen LogP contribution is -2.40. The van der Waals surface area contributed by atoms with E-state index in [1.807, 2.05) is 83.0 Å². The summed E-state index contributed by atoms with van der Waals surface area (Å²) in [5.41, 5.74) is 2.37. The SMILES string of the molecule is O=C(NCC1COc2ccccc2O1)c1cn(Cc2ccccc2)nc1-c1cccs1. The lowest BCUT2D eigenvalue weighted by molar-refractivity contribution is 0.0789. The number of hydrogen-bond acceptors (Lipinski definition) is 5. The number of thiophene rings is 1. The third-order valence-corrected chi connectivity index (χ3v) is 5.88. The van der Waals surface area contributed by atoms with Crippen LogP contribution in [0.5, 0.6) is 11.5 Å². The Labute approximate surface area is 184 Å². The molecule has 0 fully saturated rings. The van der Waals surface area contributed by atoms with Gasteiger partial charge in [-0.1, -0.05) is 48.5 Å². The van der Waals surface area contributed by atoms with Crippen molar-refractivity contribution in [3.05, 3.63) is 89.4 Å². The molecule has 0 saturated heterocycles. The predicted octanol–water partition coefficient (Wildman–Crippen LogP) is 4.23. The molecule has 5 rings (SSSR count). The Kier molecular flexibility index (Phi) is 5.41. The number of aromatic nitrogens is 2. The van der Waals surface area contributed by atoms with E-state index in [9.17, 15) is 4.79 Å². The van der Waals surface area contributed by atoms with E-state index < -0.39 is 0 Å². The fourth-order valence-corrected chi connectivity index (χ4v) is 4.22. The molecule has 2 aromatic carbocycles. The minimum Gasteiger partial charge on any atom is -0.486 e.